The van der Waals surface area contributed by atoms with Crippen molar-refractivity contribution in [2.45, 2.75) is 13.5 Å². The molecular formula is C20H15ClN4O4. The third-order valence-electron chi connectivity index (χ3n) is 4.55. The lowest BCUT2D eigenvalue weighted by Gasteiger charge is -2.11. The van der Waals surface area contributed by atoms with Gasteiger partial charge in [-0.05, 0) is 25.1 Å². The quantitative estimate of drug-likeness (QED) is 0.368. The summed E-state index contributed by atoms with van der Waals surface area (Å²) in [5.41, 5.74) is 3.21. The molecular weight excluding hydrogens is 396 g/mol. The predicted molar refractivity (Wildman–Crippen MR) is 107 cm³/mol. The molecule has 0 N–H and O–H groups in total. The Morgan fingerprint density at radius 2 is 2.03 bits per heavy atom. The number of nitrogens with zero attached hydrogens (tertiary/aromatic N) is 4. The Bertz CT molecular complexity index is 1150. The molecule has 9 heteroatoms. The van der Waals surface area contributed by atoms with Crippen LogP contribution in [0, 0.1) is 10.1 Å². The number of aliphatic imine (C=N–C) groups is 1. The van der Waals surface area contributed by atoms with Crippen molar-refractivity contribution in [1.82, 2.24) is 9.55 Å². The number of halogens is 1. The Hall–Kier alpha value is -3.52. The van der Waals surface area contributed by atoms with Crippen molar-refractivity contribution in [2.24, 2.45) is 4.99 Å². The summed E-state index contributed by atoms with van der Waals surface area (Å²) in [4.78, 5) is 32.0. The number of hydrogen-bond donors (Lipinski definition) is 0. The molecule has 29 heavy (non-hydrogen) atoms. The number of nitro benzene ring substituents is 1. The molecule has 146 valence electrons. The average molecular weight is 411 g/mol. The van der Waals surface area contributed by atoms with Crippen LogP contribution in [-0.4, -0.2) is 32.8 Å². The molecule has 0 radical (unpaired) electrons. The highest BCUT2D eigenvalue weighted by Gasteiger charge is 2.26. The van der Waals surface area contributed by atoms with Gasteiger partial charge in [-0.25, -0.2) is 9.78 Å². The molecule has 1 aromatic heterocycles. The number of nitro groups is 1. The standard InChI is InChI=1S/C20H15ClN4O4/c1-2-29-20(26)19-17-10-22-18(12-3-5-13(21)6-4-12)15-9-14(25(27)28)7-8-16(15)24(17)11-23-19/h3-9,11H,2,10H2,1H3. The Morgan fingerprint density at radius 1 is 1.28 bits per heavy atom. The molecule has 0 spiro atoms. The normalized spacial score (nSPS) is 12.4. The van der Waals surface area contributed by atoms with E-state index in [9.17, 15) is 14.9 Å². The molecule has 0 aliphatic carbocycles. The van der Waals surface area contributed by atoms with E-state index >= 15 is 0 Å². The molecule has 0 saturated heterocycles. The molecule has 1 aliphatic heterocycles. The molecule has 1 aliphatic rings. The third kappa shape index (κ3) is 3.38. The highest BCUT2D eigenvalue weighted by Crippen LogP contribution is 2.30. The SMILES string of the molecule is CCOC(=O)c1ncn2c1CN=C(c1ccc(Cl)cc1)c1cc([N+](=O)[O-])ccc1-2. The van der Waals surface area contributed by atoms with Gasteiger partial charge in [0, 0.05) is 28.3 Å². The first-order valence-electron chi connectivity index (χ1n) is 8.82. The Balaban J connectivity index is 1.93. The number of rotatable bonds is 4. The second-order valence-electron chi connectivity index (χ2n) is 6.26. The van der Waals surface area contributed by atoms with E-state index in [4.69, 9.17) is 16.3 Å². The first-order chi connectivity index (χ1) is 14.0. The number of hydrogen-bond acceptors (Lipinski definition) is 6. The van der Waals surface area contributed by atoms with Gasteiger partial charge < -0.3 is 4.74 Å². The first kappa shape index (κ1) is 18.8. The van der Waals surface area contributed by atoms with E-state index in [1.807, 2.05) is 0 Å². The van der Waals surface area contributed by atoms with Crippen LogP contribution in [0.15, 0.2) is 53.8 Å². The zero-order valence-corrected chi connectivity index (χ0v) is 16.1. The smallest absolute Gasteiger partial charge is 0.358 e. The first-order valence-corrected chi connectivity index (χ1v) is 9.20. The fourth-order valence-electron chi connectivity index (χ4n) is 3.23. The molecule has 0 saturated carbocycles. The van der Waals surface area contributed by atoms with Gasteiger partial charge >= 0.3 is 5.97 Å². The third-order valence-corrected chi connectivity index (χ3v) is 4.80. The topological polar surface area (TPSA) is 99.6 Å². The second-order valence-corrected chi connectivity index (χ2v) is 6.70. The highest BCUT2D eigenvalue weighted by atomic mass is 35.5. The fourth-order valence-corrected chi connectivity index (χ4v) is 3.36. The number of ether oxygens (including phenoxy) is 1. The van der Waals surface area contributed by atoms with E-state index in [0.29, 0.717) is 27.7 Å². The van der Waals surface area contributed by atoms with Crippen LogP contribution in [0.2, 0.25) is 5.02 Å². The summed E-state index contributed by atoms with van der Waals surface area (Å²) < 4.78 is 6.81. The van der Waals surface area contributed by atoms with E-state index in [1.54, 1.807) is 41.8 Å². The van der Waals surface area contributed by atoms with Crippen molar-refractivity contribution in [3.05, 3.63) is 86.4 Å². The molecule has 3 aromatic rings. The van der Waals surface area contributed by atoms with Gasteiger partial charge in [0.25, 0.3) is 5.69 Å². The van der Waals surface area contributed by atoms with E-state index in [1.165, 1.54) is 18.5 Å². The predicted octanol–water partition coefficient (Wildman–Crippen LogP) is 3.96. The summed E-state index contributed by atoms with van der Waals surface area (Å²) in [5.74, 6) is -0.533. The Labute approximate surface area is 170 Å². The summed E-state index contributed by atoms with van der Waals surface area (Å²) in [6, 6.07) is 11.6. The second kappa shape index (κ2) is 7.48. The number of imidazole rings is 1. The minimum Gasteiger partial charge on any atom is -0.461 e. The van der Waals surface area contributed by atoms with E-state index in [-0.39, 0.29) is 24.5 Å². The molecule has 2 heterocycles. The molecule has 0 amide bonds. The minimum atomic E-state index is -0.533. The lowest BCUT2D eigenvalue weighted by atomic mass is 10.00. The van der Waals surface area contributed by atoms with Gasteiger partial charge in [-0.1, -0.05) is 23.7 Å². The van der Waals surface area contributed by atoms with Crippen LogP contribution in [0.1, 0.15) is 34.2 Å². The summed E-state index contributed by atoms with van der Waals surface area (Å²) >= 11 is 6.00. The van der Waals surface area contributed by atoms with Crippen LogP contribution in [0.5, 0.6) is 0 Å². The van der Waals surface area contributed by atoms with Crippen molar-refractivity contribution in [2.75, 3.05) is 6.61 Å². The summed E-state index contributed by atoms with van der Waals surface area (Å²) in [6.45, 7) is 2.11. The average Bonchev–Trinajstić information content (AvgIpc) is 3.06. The monoisotopic (exact) mass is 410 g/mol. The molecule has 0 fully saturated rings. The lowest BCUT2D eigenvalue weighted by Crippen LogP contribution is -2.09. The summed E-state index contributed by atoms with van der Waals surface area (Å²) in [6.07, 6.45) is 1.51. The van der Waals surface area contributed by atoms with Crippen LogP contribution >= 0.6 is 11.6 Å². The number of carbonyl (C=O) groups excluding carboxylic acids is 1. The number of non-ortho nitro benzene ring substituents is 1. The number of benzene rings is 2. The van der Waals surface area contributed by atoms with Gasteiger partial charge in [0.1, 0.15) is 6.33 Å². The van der Waals surface area contributed by atoms with E-state index in [2.05, 4.69) is 9.98 Å². The van der Waals surface area contributed by atoms with Gasteiger partial charge in [-0.3, -0.25) is 19.7 Å². The molecule has 0 atom stereocenters. The number of aromatic nitrogens is 2. The van der Waals surface area contributed by atoms with Crippen LogP contribution in [-0.2, 0) is 11.3 Å². The Morgan fingerprint density at radius 3 is 2.72 bits per heavy atom. The summed E-state index contributed by atoms with van der Waals surface area (Å²) in [5, 5.41) is 11.9. The molecule has 2 aromatic carbocycles. The Kier molecular flexibility index (Phi) is 4.85. The van der Waals surface area contributed by atoms with Crippen molar-refractivity contribution >= 4 is 29.0 Å². The largest absolute Gasteiger partial charge is 0.461 e. The molecule has 0 unspecified atom stereocenters. The maximum Gasteiger partial charge on any atom is 0.358 e. The fraction of sp³-hybridized carbons (Fsp3) is 0.150. The van der Waals surface area contributed by atoms with Gasteiger partial charge in [-0.2, -0.15) is 0 Å². The van der Waals surface area contributed by atoms with Crippen molar-refractivity contribution in [3.8, 4) is 5.69 Å². The van der Waals surface area contributed by atoms with Gasteiger partial charge in [0.2, 0.25) is 0 Å². The maximum absolute atomic E-state index is 12.3. The van der Waals surface area contributed by atoms with E-state index < -0.39 is 10.9 Å². The zero-order valence-electron chi connectivity index (χ0n) is 15.3. The van der Waals surface area contributed by atoms with Gasteiger partial charge in [0.15, 0.2) is 5.69 Å². The lowest BCUT2D eigenvalue weighted by molar-refractivity contribution is -0.384. The minimum absolute atomic E-state index is 0.0559. The van der Waals surface area contributed by atoms with Crippen LogP contribution < -0.4 is 0 Å². The van der Waals surface area contributed by atoms with Crippen LogP contribution in [0.4, 0.5) is 5.69 Å². The van der Waals surface area contributed by atoms with Crippen molar-refractivity contribution in [3.63, 3.8) is 0 Å². The molecule has 8 nitrogen and oxygen atoms in total. The number of esters is 1. The van der Waals surface area contributed by atoms with Crippen LogP contribution in [0.25, 0.3) is 5.69 Å². The van der Waals surface area contributed by atoms with Crippen LogP contribution in [0.3, 0.4) is 0 Å². The van der Waals surface area contributed by atoms with Crippen molar-refractivity contribution in [1.29, 1.82) is 0 Å². The number of carbonyl (C=O) groups is 1. The molecule has 0 bridgehead atoms. The van der Waals surface area contributed by atoms with Gasteiger partial charge in [0.05, 0.1) is 35.2 Å². The highest BCUT2D eigenvalue weighted by molar-refractivity contribution is 6.30. The van der Waals surface area contributed by atoms with Gasteiger partial charge in [-0.15, -0.1) is 0 Å². The zero-order chi connectivity index (χ0) is 20.5. The van der Waals surface area contributed by atoms with E-state index in [0.717, 1.165) is 5.56 Å². The summed E-state index contributed by atoms with van der Waals surface area (Å²) in [7, 11) is 0. The number of fused-ring (bicyclic) bond motifs is 3. The van der Waals surface area contributed by atoms with Crippen molar-refractivity contribution < 1.29 is 14.5 Å². The maximum atomic E-state index is 12.3. The molecule has 4 rings (SSSR count).